The highest BCUT2D eigenvalue weighted by Gasteiger charge is 2.14. The summed E-state index contributed by atoms with van der Waals surface area (Å²) in [6.45, 7) is 5.59. The highest BCUT2D eigenvalue weighted by atomic mass is 16.1. The first-order chi connectivity index (χ1) is 6.35. The number of nitrogens with two attached hydrogens (primary N) is 1. The molecule has 80 valence electrons. The lowest BCUT2D eigenvalue weighted by molar-refractivity contribution is -0.122. The Hall–Kier alpha value is -1.08. The van der Waals surface area contributed by atoms with Gasteiger partial charge in [0.1, 0.15) is 0 Å². The van der Waals surface area contributed by atoms with Gasteiger partial charge in [0.2, 0.25) is 5.91 Å². The van der Waals surface area contributed by atoms with E-state index in [0.717, 1.165) is 0 Å². The highest BCUT2D eigenvalue weighted by Crippen LogP contribution is 2.06. The van der Waals surface area contributed by atoms with Gasteiger partial charge in [0.25, 0.3) is 0 Å². The molecule has 0 radical (unpaired) electrons. The minimum Gasteiger partial charge on any atom is -0.353 e. The maximum atomic E-state index is 11.3. The monoisotopic (exact) mass is 197 g/mol. The van der Waals surface area contributed by atoms with Gasteiger partial charge in [-0.05, 0) is 27.2 Å². The van der Waals surface area contributed by atoms with E-state index >= 15 is 0 Å². The molecule has 0 spiro atoms. The van der Waals surface area contributed by atoms with Gasteiger partial charge in [-0.25, -0.2) is 0 Å². The molecular weight excluding hydrogens is 178 g/mol. The van der Waals surface area contributed by atoms with Crippen LogP contribution in [0.3, 0.4) is 0 Å². The summed E-state index contributed by atoms with van der Waals surface area (Å²) in [5.74, 6) is -0.0359. The van der Waals surface area contributed by atoms with E-state index in [4.69, 9.17) is 11.0 Å². The van der Waals surface area contributed by atoms with E-state index in [1.807, 2.05) is 26.8 Å². The van der Waals surface area contributed by atoms with Crippen molar-refractivity contribution in [3.63, 3.8) is 0 Å². The van der Waals surface area contributed by atoms with E-state index in [9.17, 15) is 4.79 Å². The molecule has 0 bridgehead atoms. The van der Waals surface area contributed by atoms with Gasteiger partial charge < -0.3 is 11.1 Å². The van der Waals surface area contributed by atoms with Crippen molar-refractivity contribution < 1.29 is 4.79 Å². The molecule has 0 aromatic heterocycles. The fraction of sp³-hybridized carbons (Fsp3) is 0.800. The summed E-state index contributed by atoms with van der Waals surface area (Å²) >= 11 is 0. The maximum absolute atomic E-state index is 11.3. The average molecular weight is 197 g/mol. The summed E-state index contributed by atoms with van der Waals surface area (Å²) in [6.07, 6.45) is 1.41. The van der Waals surface area contributed by atoms with Gasteiger partial charge >= 0.3 is 0 Å². The van der Waals surface area contributed by atoms with Crippen LogP contribution in [0, 0.1) is 11.3 Å². The number of nitrogens with zero attached hydrogens (tertiary/aromatic N) is 1. The van der Waals surface area contributed by atoms with E-state index < -0.39 is 0 Å². The molecule has 4 heteroatoms. The summed E-state index contributed by atoms with van der Waals surface area (Å²) < 4.78 is 0. The van der Waals surface area contributed by atoms with Crippen LogP contribution in [0.1, 0.15) is 40.0 Å². The molecule has 0 aliphatic rings. The Balaban J connectivity index is 3.72. The lowest BCUT2D eigenvalue weighted by Gasteiger charge is -2.18. The van der Waals surface area contributed by atoms with Crippen LogP contribution < -0.4 is 11.1 Å². The van der Waals surface area contributed by atoms with Crippen LogP contribution in [0.25, 0.3) is 0 Å². The molecule has 0 aliphatic heterocycles. The smallest absolute Gasteiger partial charge is 0.220 e. The second-order valence-corrected chi connectivity index (χ2v) is 4.32. The van der Waals surface area contributed by atoms with Crippen molar-refractivity contribution in [2.24, 2.45) is 5.73 Å². The maximum Gasteiger partial charge on any atom is 0.220 e. The molecular formula is C10H19N3O. The minimum atomic E-state index is -0.310. The van der Waals surface area contributed by atoms with Crippen molar-refractivity contribution in [2.45, 2.75) is 51.6 Å². The molecule has 0 saturated heterocycles. The summed E-state index contributed by atoms with van der Waals surface area (Å²) in [6, 6.07) is 1.93. The third kappa shape index (κ3) is 7.56. The Morgan fingerprint density at radius 2 is 2.21 bits per heavy atom. The number of carbonyl (C=O) groups is 1. The first-order valence-corrected chi connectivity index (χ1v) is 4.80. The van der Waals surface area contributed by atoms with Gasteiger partial charge in [-0.1, -0.05) is 0 Å². The van der Waals surface area contributed by atoms with Crippen LogP contribution in [-0.4, -0.2) is 17.5 Å². The molecule has 1 unspecified atom stereocenters. The Labute approximate surface area is 85.5 Å². The van der Waals surface area contributed by atoms with E-state index in [1.54, 1.807) is 0 Å². The predicted octanol–water partition coefficient (Wildman–Crippen LogP) is 0.922. The zero-order valence-corrected chi connectivity index (χ0v) is 9.13. The number of carbonyl (C=O) groups excluding carboxylic acids is 1. The molecule has 0 rings (SSSR count). The zero-order chi connectivity index (χ0) is 11.2. The van der Waals surface area contributed by atoms with Gasteiger partial charge in [-0.15, -0.1) is 0 Å². The topological polar surface area (TPSA) is 78.9 Å². The van der Waals surface area contributed by atoms with Crippen LogP contribution in [0.15, 0.2) is 0 Å². The SMILES string of the molecule is CC(CC#N)NC(=O)CCC(C)(C)N. The van der Waals surface area contributed by atoms with E-state index in [0.29, 0.717) is 19.3 Å². The van der Waals surface area contributed by atoms with Crippen molar-refractivity contribution in [1.29, 1.82) is 5.26 Å². The van der Waals surface area contributed by atoms with Crippen LogP contribution in [-0.2, 0) is 4.79 Å². The van der Waals surface area contributed by atoms with Crippen molar-refractivity contribution in [3.8, 4) is 6.07 Å². The molecule has 0 aromatic rings. The van der Waals surface area contributed by atoms with Gasteiger partial charge in [-0.2, -0.15) is 5.26 Å². The summed E-state index contributed by atoms with van der Waals surface area (Å²) in [4.78, 5) is 11.3. The third-order valence-electron chi connectivity index (χ3n) is 1.80. The Morgan fingerprint density at radius 3 is 2.64 bits per heavy atom. The molecule has 3 N–H and O–H groups in total. The molecule has 1 atom stereocenters. The fourth-order valence-corrected chi connectivity index (χ4v) is 0.971. The molecule has 0 heterocycles. The number of nitriles is 1. The minimum absolute atomic E-state index is 0.0359. The highest BCUT2D eigenvalue weighted by molar-refractivity contribution is 5.76. The standard InChI is InChI=1S/C10H19N3O/c1-8(5-7-11)13-9(14)4-6-10(2,3)12/h8H,4-6,12H2,1-3H3,(H,13,14). The van der Waals surface area contributed by atoms with Crippen molar-refractivity contribution in [3.05, 3.63) is 0 Å². The first kappa shape index (κ1) is 12.9. The second kappa shape index (κ2) is 5.61. The largest absolute Gasteiger partial charge is 0.353 e. The summed E-state index contributed by atoms with van der Waals surface area (Å²) in [7, 11) is 0. The lowest BCUT2D eigenvalue weighted by Crippen LogP contribution is -2.36. The van der Waals surface area contributed by atoms with Gasteiger partial charge in [0, 0.05) is 18.0 Å². The first-order valence-electron chi connectivity index (χ1n) is 4.80. The number of hydrogen-bond donors (Lipinski definition) is 2. The van der Waals surface area contributed by atoms with Crippen LogP contribution in [0.5, 0.6) is 0 Å². The van der Waals surface area contributed by atoms with Gasteiger partial charge in [0.05, 0.1) is 12.5 Å². The zero-order valence-electron chi connectivity index (χ0n) is 9.13. The molecule has 0 saturated carbocycles. The quantitative estimate of drug-likeness (QED) is 0.688. The molecule has 14 heavy (non-hydrogen) atoms. The summed E-state index contributed by atoms with van der Waals surface area (Å²) in [5.41, 5.74) is 5.43. The van der Waals surface area contributed by atoms with Crippen LogP contribution >= 0.6 is 0 Å². The van der Waals surface area contributed by atoms with E-state index in [2.05, 4.69) is 5.32 Å². The average Bonchev–Trinajstić information content (AvgIpc) is 2.00. The fourth-order valence-electron chi connectivity index (χ4n) is 0.971. The second-order valence-electron chi connectivity index (χ2n) is 4.32. The number of amides is 1. The molecule has 0 aliphatic carbocycles. The molecule has 1 amide bonds. The van der Waals surface area contributed by atoms with Crippen LogP contribution in [0.4, 0.5) is 0 Å². The molecule has 0 fully saturated rings. The predicted molar refractivity (Wildman–Crippen MR) is 55.3 cm³/mol. The van der Waals surface area contributed by atoms with Crippen molar-refractivity contribution >= 4 is 5.91 Å². The number of rotatable bonds is 5. The van der Waals surface area contributed by atoms with Crippen LogP contribution in [0.2, 0.25) is 0 Å². The van der Waals surface area contributed by atoms with Gasteiger partial charge in [-0.3, -0.25) is 4.79 Å². The molecule has 4 nitrogen and oxygen atoms in total. The number of hydrogen-bond acceptors (Lipinski definition) is 3. The van der Waals surface area contributed by atoms with Gasteiger partial charge in [0.15, 0.2) is 0 Å². The Kier molecular flexibility index (Phi) is 5.18. The Bertz CT molecular complexity index is 225. The Morgan fingerprint density at radius 1 is 1.64 bits per heavy atom. The lowest BCUT2D eigenvalue weighted by atomic mass is 10.00. The normalized spacial score (nSPS) is 13.1. The third-order valence-corrected chi connectivity index (χ3v) is 1.80. The summed E-state index contributed by atoms with van der Waals surface area (Å²) in [5, 5.41) is 11.1. The van der Waals surface area contributed by atoms with E-state index in [1.165, 1.54) is 0 Å². The van der Waals surface area contributed by atoms with Crippen molar-refractivity contribution in [1.82, 2.24) is 5.32 Å². The van der Waals surface area contributed by atoms with Crippen molar-refractivity contribution in [2.75, 3.05) is 0 Å². The number of nitrogens with one attached hydrogen (secondary N) is 1. The van der Waals surface area contributed by atoms with E-state index in [-0.39, 0.29) is 17.5 Å². The molecule has 0 aromatic carbocycles.